The van der Waals surface area contributed by atoms with Crippen molar-refractivity contribution < 1.29 is 21.2 Å². The van der Waals surface area contributed by atoms with Gasteiger partial charge in [-0.3, -0.25) is 0 Å². The van der Waals surface area contributed by atoms with Crippen molar-refractivity contribution in [3.05, 3.63) is 24.0 Å². The van der Waals surface area contributed by atoms with Crippen LogP contribution in [0.15, 0.2) is 28.0 Å². The van der Waals surface area contributed by atoms with E-state index >= 15 is 0 Å². The highest BCUT2D eigenvalue weighted by Crippen LogP contribution is 2.34. The number of sulfonamides is 1. The molecule has 0 saturated carbocycles. The molecule has 128 valence electrons. The fraction of sp³-hybridized carbons (Fsp3) is 0.571. The third kappa shape index (κ3) is 3.02. The Bertz CT molecular complexity index is 809. The van der Waals surface area contributed by atoms with Gasteiger partial charge in [-0.2, -0.15) is 4.31 Å². The van der Waals surface area contributed by atoms with Crippen molar-refractivity contribution in [3.63, 3.8) is 0 Å². The third-order valence-electron chi connectivity index (χ3n) is 4.47. The van der Waals surface area contributed by atoms with Crippen LogP contribution in [-0.4, -0.2) is 52.6 Å². The van der Waals surface area contributed by atoms with Gasteiger partial charge in [0.05, 0.1) is 4.90 Å². The first-order valence-electron chi connectivity index (χ1n) is 7.45. The summed E-state index contributed by atoms with van der Waals surface area (Å²) in [7, 11) is -7.58. The summed E-state index contributed by atoms with van der Waals surface area (Å²) in [5.74, 6) is -1.03. The molecule has 2 fully saturated rings. The number of halogens is 1. The quantitative estimate of drug-likeness (QED) is 0.858. The van der Waals surface area contributed by atoms with Crippen molar-refractivity contribution in [2.45, 2.75) is 41.1 Å². The van der Waals surface area contributed by atoms with Crippen LogP contribution in [0, 0.1) is 5.82 Å². The lowest BCUT2D eigenvalue weighted by molar-refractivity contribution is 0.334. The first-order valence-corrected chi connectivity index (χ1v) is 10.8. The molecule has 23 heavy (non-hydrogen) atoms. The molecule has 2 heterocycles. The van der Waals surface area contributed by atoms with Crippen LogP contribution in [0.4, 0.5) is 4.39 Å². The molecule has 2 saturated heterocycles. The second kappa shape index (κ2) is 5.80. The molecular weight excluding hydrogens is 343 g/mol. The largest absolute Gasteiger partial charge is 0.315 e. The minimum absolute atomic E-state index is 0.0855. The van der Waals surface area contributed by atoms with E-state index in [1.54, 1.807) is 0 Å². The van der Waals surface area contributed by atoms with Gasteiger partial charge in [-0.25, -0.2) is 21.2 Å². The van der Waals surface area contributed by atoms with Crippen molar-refractivity contribution >= 4 is 19.9 Å². The number of sulfone groups is 1. The summed E-state index contributed by atoms with van der Waals surface area (Å²) >= 11 is 0. The average molecular weight is 362 g/mol. The Labute approximate surface area is 135 Å². The molecule has 1 N–H and O–H groups in total. The molecule has 0 spiro atoms. The molecule has 0 amide bonds. The van der Waals surface area contributed by atoms with E-state index in [0.717, 1.165) is 44.2 Å². The normalized spacial score (nSPS) is 26.2. The van der Waals surface area contributed by atoms with Gasteiger partial charge in [-0.15, -0.1) is 0 Å². The maximum atomic E-state index is 14.1. The van der Waals surface area contributed by atoms with E-state index in [1.165, 1.54) is 10.4 Å². The lowest BCUT2D eigenvalue weighted by Gasteiger charge is -2.27. The topological polar surface area (TPSA) is 83.5 Å². The number of nitrogens with zero attached hydrogens (tertiary/aromatic N) is 1. The Kier molecular flexibility index (Phi) is 4.24. The van der Waals surface area contributed by atoms with Gasteiger partial charge in [0.2, 0.25) is 10.0 Å². The average Bonchev–Trinajstić information content (AvgIpc) is 2.71. The first kappa shape index (κ1) is 16.8. The zero-order valence-corrected chi connectivity index (χ0v) is 14.3. The number of benzene rings is 1. The summed E-state index contributed by atoms with van der Waals surface area (Å²) in [6.45, 7) is 1.34. The Morgan fingerprint density at radius 3 is 2.48 bits per heavy atom. The number of nitrogens with one attached hydrogen (secondary N) is 1. The summed E-state index contributed by atoms with van der Waals surface area (Å²) in [6, 6.07) is 2.79. The van der Waals surface area contributed by atoms with Crippen LogP contribution < -0.4 is 5.32 Å². The molecule has 0 radical (unpaired) electrons. The van der Waals surface area contributed by atoms with Crippen LogP contribution in [0.25, 0.3) is 0 Å². The molecular formula is C14H19FN2O4S2. The summed E-state index contributed by atoms with van der Waals surface area (Å²) in [4.78, 5) is -0.682. The molecule has 1 aromatic rings. The maximum Gasteiger partial charge on any atom is 0.243 e. The first-order chi connectivity index (χ1) is 10.7. The molecule has 1 aromatic carbocycles. The second-order valence-corrected chi connectivity index (χ2v) is 9.90. The predicted octanol–water partition coefficient (Wildman–Crippen LogP) is 0.744. The summed E-state index contributed by atoms with van der Waals surface area (Å²) < 4.78 is 64.3. The Hall–Kier alpha value is -1.03. The molecule has 2 atom stereocenters. The Morgan fingerprint density at radius 1 is 1.13 bits per heavy atom. The molecule has 6 nitrogen and oxygen atoms in total. The van der Waals surface area contributed by atoms with E-state index in [-0.39, 0.29) is 17.0 Å². The minimum atomic E-state index is -3.85. The molecule has 0 aromatic heterocycles. The van der Waals surface area contributed by atoms with Gasteiger partial charge >= 0.3 is 0 Å². The van der Waals surface area contributed by atoms with Gasteiger partial charge < -0.3 is 5.32 Å². The van der Waals surface area contributed by atoms with Crippen molar-refractivity contribution in [1.29, 1.82) is 0 Å². The van der Waals surface area contributed by atoms with E-state index < -0.39 is 30.6 Å². The van der Waals surface area contributed by atoms with E-state index in [4.69, 9.17) is 0 Å². The molecule has 2 aliphatic rings. The van der Waals surface area contributed by atoms with E-state index in [2.05, 4.69) is 5.32 Å². The standard InChI is InChI=1S/C14H19FN2O4S2/c1-22(18,19)14-5-4-12(8-13(14)15)23(20,21)17-10-2-3-11(17)9-16-7-6-10/h4-5,8,10-11,16H,2-3,6-7,9H2,1H3. The molecule has 3 rings (SSSR count). The molecule has 2 unspecified atom stereocenters. The molecule has 2 aliphatic heterocycles. The third-order valence-corrected chi connectivity index (χ3v) is 7.60. The SMILES string of the molecule is CS(=O)(=O)c1ccc(S(=O)(=O)N2C3CCNCC2CC3)cc1F. The minimum Gasteiger partial charge on any atom is -0.315 e. The zero-order chi connectivity index (χ0) is 16.8. The van der Waals surface area contributed by atoms with Crippen molar-refractivity contribution in [1.82, 2.24) is 9.62 Å². The molecule has 9 heteroatoms. The van der Waals surface area contributed by atoms with E-state index in [9.17, 15) is 21.2 Å². The highest BCUT2D eigenvalue weighted by molar-refractivity contribution is 7.90. The monoisotopic (exact) mass is 362 g/mol. The maximum absolute atomic E-state index is 14.1. The summed E-state index contributed by atoms with van der Waals surface area (Å²) in [6.07, 6.45) is 3.19. The van der Waals surface area contributed by atoms with Crippen molar-refractivity contribution in [2.24, 2.45) is 0 Å². The smallest absolute Gasteiger partial charge is 0.243 e. The van der Waals surface area contributed by atoms with Crippen LogP contribution in [0.2, 0.25) is 0 Å². The Morgan fingerprint density at radius 2 is 1.83 bits per heavy atom. The van der Waals surface area contributed by atoms with Gasteiger partial charge in [0.1, 0.15) is 10.7 Å². The fourth-order valence-corrected chi connectivity index (χ4v) is 6.04. The van der Waals surface area contributed by atoms with Crippen LogP contribution in [0.5, 0.6) is 0 Å². The molecule has 2 bridgehead atoms. The van der Waals surface area contributed by atoms with Gasteiger partial charge in [0.15, 0.2) is 9.84 Å². The highest BCUT2D eigenvalue weighted by atomic mass is 32.2. The van der Waals surface area contributed by atoms with Crippen molar-refractivity contribution in [3.8, 4) is 0 Å². The van der Waals surface area contributed by atoms with Crippen LogP contribution in [0.1, 0.15) is 19.3 Å². The fourth-order valence-electron chi connectivity index (χ4n) is 3.40. The van der Waals surface area contributed by atoms with E-state index in [0.29, 0.717) is 6.54 Å². The van der Waals surface area contributed by atoms with Crippen LogP contribution in [0.3, 0.4) is 0 Å². The number of rotatable bonds is 3. The van der Waals surface area contributed by atoms with Crippen LogP contribution in [-0.2, 0) is 19.9 Å². The van der Waals surface area contributed by atoms with Gasteiger partial charge in [0, 0.05) is 24.9 Å². The number of hydrogen-bond acceptors (Lipinski definition) is 5. The second-order valence-electron chi connectivity index (χ2n) is 6.08. The van der Waals surface area contributed by atoms with Crippen LogP contribution >= 0.6 is 0 Å². The zero-order valence-electron chi connectivity index (χ0n) is 12.7. The summed E-state index contributed by atoms with van der Waals surface area (Å²) in [5.41, 5.74) is 0. The van der Waals surface area contributed by atoms with Crippen molar-refractivity contribution in [2.75, 3.05) is 19.3 Å². The number of hydrogen-bond donors (Lipinski definition) is 1. The van der Waals surface area contributed by atoms with Gasteiger partial charge in [0.25, 0.3) is 0 Å². The van der Waals surface area contributed by atoms with E-state index in [1.807, 2.05) is 0 Å². The number of fused-ring (bicyclic) bond motifs is 2. The van der Waals surface area contributed by atoms with Gasteiger partial charge in [-0.05, 0) is 44.0 Å². The lowest BCUT2D eigenvalue weighted by atomic mass is 10.1. The Balaban J connectivity index is 2.02. The van der Waals surface area contributed by atoms with Gasteiger partial charge in [-0.1, -0.05) is 0 Å². The summed E-state index contributed by atoms with van der Waals surface area (Å²) in [5, 5.41) is 3.21. The predicted molar refractivity (Wildman–Crippen MR) is 82.8 cm³/mol. The lowest BCUT2D eigenvalue weighted by Crippen LogP contribution is -2.42. The molecule has 0 aliphatic carbocycles. The highest BCUT2D eigenvalue weighted by Gasteiger charge is 2.43.